The van der Waals surface area contributed by atoms with Gasteiger partial charge in [-0.25, -0.2) is 13.2 Å². The van der Waals surface area contributed by atoms with Crippen LogP contribution >= 0.6 is 0 Å². The number of sulfonamides is 1. The van der Waals surface area contributed by atoms with Gasteiger partial charge in [0.2, 0.25) is 16.8 Å². The van der Waals surface area contributed by atoms with Gasteiger partial charge >= 0.3 is 5.97 Å². The number of piperidine rings is 1. The summed E-state index contributed by atoms with van der Waals surface area (Å²) in [7, 11) is -2.07. The first-order chi connectivity index (χ1) is 11.8. The molecule has 1 N–H and O–H groups in total. The third-order valence-electron chi connectivity index (χ3n) is 4.79. The van der Waals surface area contributed by atoms with Crippen molar-refractivity contribution in [3.63, 3.8) is 0 Å². The molecule has 25 heavy (non-hydrogen) atoms. The second kappa shape index (κ2) is 6.80. The summed E-state index contributed by atoms with van der Waals surface area (Å²) >= 11 is 0. The zero-order valence-corrected chi connectivity index (χ0v) is 14.9. The lowest BCUT2D eigenvalue weighted by molar-refractivity contribution is -0.135. The quantitative estimate of drug-likeness (QED) is 0.807. The highest BCUT2D eigenvalue weighted by Crippen LogP contribution is 2.31. The van der Waals surface area contributed by atoms with Crippen molar-refractivity contribution >= 4 is 21.9 Å². The van der Waals surface area contributed by atoms with Gasteiger partial charge in [-0.1, -0.05) is 0 Å². The molecule has 2 heterocycles. The number of carboxylic acids is 1. The van der Waals surface area contributed by atoms with Gasteiger partial charge in [0.1, 0.15) is 0 Å². The van der Waals surface area contributed by atoms with Crippen molar-refractivity contribution in [2.75, 3.05) is 26.7 Å². The summed E-state index contributed by atoms with van der Waals surface area (Å²) in [4.78, 5) is 25.0. The highest BCUT2D eigenvalue weighted by Gasteiger charge is 2.35. The number of hydrogen-bond donors (Lipinski definition) is 1. The average molecular weight is 370 g/mol. The van der Waals surface area contributed by atoms with Gasteiger partial charge < -0.3 is 14.4 Å². The molecule has 0 bridgehead atoms. The number of hydrogen-bond acceptors (Lipinski definition) is 5. The van der Waals surface area contributed by atoms with Crippen molar-refractivity contribution in [1.29, 1.82) is 0 Å². The molecule has 0 radical (unpaired) electrons. The van der Waals surface area contributed by atoms with Gasteiger partial charge in [-0.2, -0.15) is 4.31 Å². The molecule has 9 heteroatoms. The molecule has 0 unspecified atom stereocenters. The van der Waals surface area contributed by atoms with Crippen LogP contribution in [-0.2, 0) is 14.8 Å². The molecule has 1 saturated heterocycles. The Balaban J connectivity index is 1.60. The van der Waals surface area contributed by atoms with Crippen LogP contribution in [-0.4, -0.2) is 61.3 Å². The van der Waals surface area contributed by atoms with E-state index in [1.54, 1.807) is 11.9 Å². The number of carboxylic acid groups (broad SMARTS) is 1. The molecule has 3 rings (SSSR count). The number of aromatic carboxylic acids is 1. The first-order valence-corrected chi connectivity index (χ1v) is 9.81. The number of nitrogens with zero attached hydrogens (tertiary/aromatic N) is 2. The summed E-state index contributed by atoms with van der Waals surface area (Å²) in [5.41, 5.74) is 0. The smallest absolute Gasteiger partial charge is 0.371 e. The first-order valence-electron chi connectivity index (χ1n) is 8.37. The summed E-state index contributed by atoms with van der Waals surface area (Å²) in [5, 5.41) is 8.47. The van der Waals surface area contributed by atoms with Crippen LogP contribution in [0.2, 0.25) is 0 Å². The number of amides is 1. The molecule has 1 amide bonds. The molecule has 0 aromatic carbocycles. The summed E-state index contributed by atoms with van der Waals surface area (Å²) in [6.45, 7) is 1.22. The zero-order valence-electron chi connectivity index (χ0n) is 14.1. The SMILES string of the molecule is CN(CC1CC1)C(=O)C1CCN(S(=O)(=O)c2ccc(C(=O)O)o2)CC1. The molecule has 1 aliphatic heterocycles. The summed E-state index contributed by atoms with van der Waals surface area (Å²) in [5.74, 6) is -1.19. The molecule has 1 aromatic heterocycles. The van der Waals surface area contributed by atoms with Crippen molar-refractivity contribution in [2.24, 2.45) is 11.8 Å². The van der Waals surface area contributed by atoms with E-state index in [9.17, 15) is 18.0 Å². The molecule has 0 spiro atoms. The predicted molar refractivity (Wildman–Crippen MR) is 87.5 cm³/mol. The summed E-state index contributed by atoms with van der Waals surface area (Å²) in [6.07, 6.45) is 3.27. The highest BCUT2D eigenvalue weighted by molar-refractivity contribution is 7.89. The minimum absolute atomic E-state index is 0.0788. The van der Waals surface area contributed by atoms with Crippen molar-refractivity contribution in [2.45, 2.75) is 30.8 Å². The second-order valence-corrected chi connectivity index (χ2v) is 8.63. The molecule has 1 aliphatic carbocycles. The minimum Gasteiger partial charge on any atom is -0.475 e. The van der Waals surface area contributed by atoms with E-state index in [1.807, 2.05) is 0 Å². The largest absolute Gasteiger partial charge is 0.475 e. The second-order valence-electron chi connectivity index (χ2n) is 6.76. The molecular formula is C16H22N2O6S. The van der Waals surface area contributed by atoms with E-state index in [0.717, 1.165) is 18.7 Å². The van der Waals surface area contributed by atoms with Crippen LogP contribution in [0.3, 0.4) is 0 Å². The van der Waals surface area contributed by atoms with Gasteiger partial charge in [0.15, 0.2) is 0 Å². The van der Waals surface area contributed by atoms with E-state index in [0.29, 0.717) is 18.8 Å². The van der Waals surface area contributed by atoms with Crippen LogP contribution in [0.4, 0.5) is 0 Å². The Bertz CT molecular complexity index is 759. The third-order valence-corrected chi connectivity index (χ3v) is 6.57. The van der Waals surface area contributed by atoms with E-state index in [4.69, 9.17) is 9.52 Å². The highest BCUT2D eigenvalue weighted by atomic mass is 32.2. The normalized spacial score (nSPS) is 19.7. The Morgan fingerprint density at radius 1 is 1.24 bits per heavy atom. The minimum atomic E-state index is -3.87. The maximum absolute atomic E-state index is 12.5. The Labute approximate surface area is 146 Å². The average Bonchev–Trinajstić information content (AvgIpc) is 3.24. The molecule has 2 fully saturated rings. The zero-order chi connectivity index (χ0) is 18.2. The van der Waals surface area contributed by atoms with E-state index >= 15 is 0 Å². The van der Waals surface area contributed by atoms with Crippen LogP contribution in [0.25, 0.3) is 0 Å². The van der Waals surface area contributed by atoms with Crippen molar-refractivity contribution in [3.05, 3.63) is 17.9 Å². The Kier molecular flexibility index (Phi) is 4.88. The predicted octanol–water partition coefficient (Wildman–Crippen LogP) is 1.25. The fourth-order valence-corrected chi connectivity index (χ4v) is 4.51. The van der Waals surface area contributed by atoms with Gasteiger partial charge in [-0.15, -0.1) is 0 Å². The number of carbonyl (C=O) groups is 2. The number of carbonyl (C=O) groups excluding carboxylic acids is 1. The molecule has 138 valence electrons. The molecule has 2 aliphatic rings. The fourth-order valence-electron chi connectivity index (χ4n) is 3.13. The number of rotatable bonds is 6. The third kappa shape index (κ3) is 3.87. The van der Waals surface area contributed by atoms with Gasteiger partial charge in [0, 0.05) is 32.6 Å². The Hall–Kier alpha value is -1.87. The maximum Gasteiger partial charge on any atom is 0.371 e. The fraction of sp³-hybridized carbons (Fsp3) is 0.625. The van der Waals surface area contributed by atoms with Crippen molar-refractivity contribution < 1.29 is 27.5 Å². The molecule has 1 saturated carbocycles. The Morgan fingerprint density at radius 2 is 1.88 bits per heavy atom. The van der Waals surface area contributed by atoms with E-state index in [1.165, 1.54) is 17.1 Å². The van der Waals surface area contributed by atoms with Crippen LogP contribution < -0.4 is 0 Å². The lowest BCUT2D eigenvalue weighted by Gasteiger charge is -2.32. The summed E-state index contributed by atoms with van der Waals surface area (Å²) in [6, 6.07) is 2.28. The van der Waals surface area contributed by atoms with Gasteiger partial charge in [-0.3, -0.25) is 4.79 Å². The summed E-state index contributed by atoms with van der Waals surface area (Å²) < 4.78 is 31.2. The lowest BCUT2D eigenvalue weighted by Crippen LogP contribution is -2.43. The van der Waals surface area contributed by atoms with Crippen molar-refractivity contribution in [1.82, 2.24) is 9.21 Å². The monoisotopic (exact) mass is 370 g/mol. The topological polar surface area (TPSA) is 108 Å². The van der Waals surface area contributed by atoms with E-state index in [2.05, 4.69) is 0 Å². The first kappa shape index (κ1) is 17.9. The van der Waals surface area contributed by atoms with Gasteiger partial charge in [0.25, 0.3) is 10.0 Å². The van der Waals surface area contributed by atoms with Gasteiger partial charge in [0.05, 0.1) is 0 Å². The maximum atomic E-state index is 12.5. The van der Waals surface area contributed by atoms with Crippen LogP contribution in [0.5, 0.6) is 0 Å². The standard InChI is InChI=1S/C16H22N2O6S/c1-17(10-11-2-3-11)15(19)12-6-8-18(9-7-12)25(22,23)14-5-4-13(24-14)16(20)21/h4-5,11-12H,2-3,6-10H2,1H3,(H,20,21). The van der Waals surface area contributed by atoms with Crippen LogP contribution in [0.15, 0.2) is 21.6 Å². The lowest BCUT2D eigenvalue weighted by atomic mass is 9.96. The molecular weight excluding hydrogens is 348 g/mol. The van der Waals surface area contributed by atoms with Gasteiger partial charge in [-0.05, 0) is 43.7 Å². The van der Waals surface area contributed by atoms with Crippen LogP contribution in [0, 0.1) is 11.8 Å². The number of furan rings is 1. The van der Waals surface area contributed by atoms with Crippen LogP contribution in [0.1, 0.15) is 36.2 Å². The van der Waals surface area contributed by atoms with E-state index < -0.39 is 21.8 Å². The molecule has 0 atom stereocenters. The van der Waals surface area contributed by atoms with E-state index in [-0.39, 0.29) is 30.0 Å². The van der Waals surface area contributed by atoms with Crippen molar-refractivity contribution in [3.8, 4) is 0 Å². The molecule has 1 aromatic rings. The molecule has 8 nitrogen and oxygen atoms in total. The Morgan fingerprint density at radius 3 is 2.40 bits per heavy atom.